The molecular weight excluding hydrogens is 667 g/mol. The van der Waals surface area contributed by atoms with Gasteiger partial charge < -0.3 is 10.3 Å². The van der Waals surface area contributed by atoms with Crippen LogP contribution in [0.25, 0.3) is 22.2 Å². The maximum atomic E-state index is 12.6. The fraction of sp³-hybridized carbons (Fsp3) is 0.409. The Labute approximate surface area is 309 Å². The smallest absolute Gasteiger partial charge is 0.266 e. The van der Waals surface area contributed by atoms with Gasteiger partial charge in [-0.15, -0.1) is 0 Å². The Morgan fingerprint density at radius 1 is 0.846 bits per heavy atom. The molecule has 52 heavy (non-hydrogen) atoms. The lowest BCUT2D eigenvalue weighted by Crippen LogP contribution is -2.28. The number of amides is 1. The summed E-state index contributed by atoms with van der Waals surface area (Å²) in [4.78, 5) is 21.5. The van der Waals surface area contributed by atoms with Crippen molar-refractivity contribution < 1.29 is 17.8 Å². The summed E-state index contributed by atoms with van der Waals surface area (Å²) in [5.41, 5.74) is 10.1. The summed E-state index contributed by atoms with van der Waals surface area (Å²) in [6.07, 6.45) is 5.62. The Balaban J connectivity index is 1.26. The molecule has 1 fully saturated rings. The Bertz CT molecular complexity index is 2100. The minimum absolute atomic E-state index is 0.0650. The molecular formula is C44H53N3O4S. The van der Waals surface area contributed by atoms with E-state index in [1.165, 1.54) is 42.4 Å². The molecule has 0 aliphatic heterocycles. The largest absolute Gasteiger partial charge is 0.351 e. The van der Waals surface area contributed by atoms with E-state index in [0.29, 0.717) is 23.3 Å². The van der Waals surface area contributed by atoms with Crippen molar-refractivity contribution in [3.63, 3.8) is 0 Å². The summed E-state index contributed by atoms with van der Waals surface area (Å²) in [6.45, 7) is 13.6. The zero-order chi connectivity index (χ0) is 37.3. The highest BCUT2D eigenvalue weighted by Gasteiger charge is 2.30. The van der Waals surface area contributed by atoms with Crippen molar-refractivity contribution in [3.05, 3.63) is 125 Å². The number of carbonyl (C=O) groups is 1. The predicted molar refractivity (Wildman–Crippen MR) is 212 cm³/mol. The van der Waals surface area contributed by atoms with Gasteiger partial charge in [-0.3, -0.25) is 9.35 Å². The molecule has 1 aromatic heterocycles. The summed E-state index contributed by atoms with van der Waals surface area (Å²) in [7, 11) is -4.15. The molecule has 7 nitrogen and oxygen atoms in total. The summed E-state index contributed by atoms with van der Waals surface area (Å²) in [5.74, 6) is 1.25. The average molecular weight is 720 g/mol. The molecule has 1 heterocycles. The number of aromatic nitrogens is 2. The van der Waals surface area contributed by atoms with Crippen LogP contribution in [-0.2, 0) is 22.0 Å². The molecule has 1 aliphatic carbocycles. The minimum Gasteiger partial charge on any atom is -0.351 e. The van der Waals surface area contributed by atoms with Crippen molar-refractivity contribution in [1.82, 2.24) is 15.3 Å². The van der Waals surface area contributed by atoms with Crippen LogP contribution in [0.15, 0.2) is 91.0 Å². The topological polar surface area (TPSA) is 112 Å². The zero-order valence-electron chi connectivity index (χ0n) is 31.4. The highest BCUT2D eigenvalue weighted by atomic mass is 32.2. The molecule has 1 unspecified atom stereocenters. The molecule has 8 heteroatoms. The molecule has 3 N–H and O–H groups in total. The third-order valence-electron chi connectivity index (χ3n) is 11.0. The molecule has 1 saturated carbocycles. The second-order valence-corrected chi connectivity index (χ2v) is 18.3. The molecule has 1 atom stereocenters. The lowest BCUT2D eigenvalue weighted by Gasteiger charge is -2.37. The van der Waals surface area contributed by atoms with Crippen LogP contribution in [-0.4, -0.2) is 41.1 Å². The number of nitrogens with one attached hydrogen (secondary N) is 2. The number of carbonyl (C=O) groups excluding carboxylic acids is 1. The van der Waals surface area contributed by atoms with Crippen LogP contribution in [0.3, 0.4) is 0 Å². The van der Waals surface area contributed by atoms with Crippen molar-refractivity contribution in [3.8, 4) is 11.1 Å². The number of fused-ring (bicyclic) bond motifs is 1. The molecule has 0 spiro atoms. The molecule has 4 aromatic carbocycles. The SMILES string of the molecule is CC(C)(C)c1ccc(-c2ccc(C(Cc3ccc(C(=O)NCCS(=O)(=O)O)cc3)c3nc4cc([C@H]5CC[C@@H](C(C)(C)C)CC5)ccc4[nH]3)cc2)cc1. The van der Waals surface area contributed by atoms with Gasteiger partial charge >= 0.3 is 0 Å². The Morgan fingerprint density at radius 3 is 2.04 bits per heavy atom. The van der Waals surface area contributed by atoms with E-state index >= 15 is 0 Å². The van der Waals surface area contributed by atoms with Crippen molar-refractivity contribution >= 4 is 27.1 Å². The van der Waals surface area contributed by atoms with Crippen LogP contribution in [0.1, 0.15) is 117 Å². The van der Waals surface area contributed by atoms with Gasteiger partial charge in [-0.05, 0) is 112 Å². The third-order valence-corrected chi connectivity index (χ3v) is 11.7. The van der Waals surface area contributed by atoms with Gasteiger partial charge in [0.15, 0.2) is 0 Å². The van der Waals surface area contributed by atoms with E-state index < -0.39 is 21.8 Å². The quantitative estimate of drug-likeness (QED) is 0.124. The predicted octanol–water partition coefficient (Wildman–Crippen LogP) is 9.84. The Morgan fingerprint density at radius 2 is 1.46 bits per heavy atom. The number of hydrogen-bond donors (Lipinski definition) is 3. The first-order chi connectivity index (χ1) is 24.5. The molecule has 5 aromatic rings. The number of nitrogens with zero attached hydrogens (tertiary/aromatic N) is 1. The van der Waals surface area contributed by atoms with E-state index in [4.69, 9.17) is 9.54 Å². The van der Waals surface area contributed by atoms with Crippen LogP contribution in [0.2, 0.25) is 0 Å². The third kappa shape index (κ3) is 9.20. The van der Waals surface area contributed by atoms with Crippen LogP contribution >= 0.6 is 0 Å². The Kier molecular flexibility index (Phi) is 10.8. The lowest BCUT2D eigenvalue weighted by atomic mass is 9.69. The van der Waals surface area contributed by atoms with Crippen LogP contribution < -0.4 is 5.32 Å². The number of benzene rings is 4. The van der Waals surface area contributed by atoms with Crippen LogP contribution in [0, 0.1) is 11.3 Å². The summed E-state index contributed by atoms with van der Waals surface area (Å²) < 4.78 is 31.1. The number of aromatic amines is 1. The zero-order valence-corrected chi connectivity index (χ0v) is 32.2. The van der Waals surface area contributed by atoms with Crippen molar-refractivity contribution in [2.24, 2.45) is 11.3 Å². The molecule has 274 valence electrons. The average Bonchev–Trinajstić information content (AvgIpc) is 3.53. The maximum absolute atomic E-state index is 12.6. The Hall–Kier alpha value is -4.27. The summed E-state index contributed by atoms with van der Waals surface area (Å²) in [6, 6.07) is 31.7. The van der Waals surface area contributed by atoms with Crippen LogP contribution in [0.5, 0.6) is 0 Å². The molecule has 1 aliphatic rings. The van der Waals surface area contributed by atoms with E-state index in [0.717, 1.165) is 39.5 Å². The maximum Gasteiger partial charge on any atom is 0.266 e. The fourth-order valence-electron chi connectivity index (χ4n) is 7.62. The minimum atomic E-state index is -4.15. The van der Waals surface area contributed by atoms with Crippen molar-refractivity contribution in [2.75, 3.05) is 12.3 Å². The van der Waals surface area contributed by atoms with E-state index in [-0.39, 0.29) is 17.9 Å². The van der Waals surface area contributed by atoms with Gasteiger partial charge in [-0.2, -0.15) is 8.42 Å². The van der Waals surface area contributed by atoms with Gasteiger partial charge in [0.1, 0.15) is 5.82 Å². The van der Waals surface area contributed by atoms with Crippen molar-refractivity contribution in [1.29, 1.82) is 0 Å². The first kappa shape index (κ1) is 37.5. The normalized spacial score (nSPS) is 17.6. The van der Waals surface area contributed by atoms with E-state index in [2.05, 4.69) is 119 Å². The monoisotopic (exact) mass is 719 g/mol. The summed E-state index contributed by atoms with van der Waals surface area (Å²) in [5, 5.41) is 2.55. The van der Waals surface area contributed by atoms with E-state index in [9.17, 15) is 13.2 Å². The highest BCUT2D eigenvalue weighted by Crippen LogP contribution is 2.43. The molecule has 0 radical (unpaired) electrons. The van der Waals surface area contributed by atoms with Crippen LogP contribution in [0.4, 0.5) is 0 Å². The first-order valence-corrected chi connectivity index (χ1v) is 20.2. The van der Waals surface area contributed by atoms with Gasteiger partial charge in [0.2, 0.25) is 0 Å². The first-order valence-electron chi connectivity index (χ1n) is 18.6. The van der Waals surface area contributed by atoms with E-state index in [1.54, 1.807) is 12.1 Å². The van der Waals surface area contributed by atoms with Gasteiger partial charge in [0, 0.05) is 18.0 Å². The van der Waals surface area contributed by atoms with Gasteiger partial charge in [-0.25, -0.2) is 4.98 Å². The van der Waals surface area contributed by atoms with Gasteiger partial charge in [0.05, 0.1) is 16.8 Å². The number of rotatable bonds is 10. The molecule has 0 bridgehead atoms. The second kappa shape index (κ2) is 15.0. The molecule has 1 amide bonds. The molecule has 6 rings (SSSR count). The number of H-pyrrole nitrogens is 1. The lowest BCUT2D eigenvalue weighted by molar-refractivity contribution is 0.0956. The molecule has 0 saturated heterocycles. The second-order valence-electron chi connectivity index (χ2n) is 16.8. The van der Waals surface area contributed by atoms with E-state index in [1.807, 2.05) is 12.1 Å². The fourth-order valence-corrected chi connectivity index (χ4v) is 7.98. The standard InChI is InChI=1S/C44H53N3O4S/c1-43(2,3)36-20-15-31(16-21-36)30-11-13-33(14-12-30)38(27-29-7-9-34(10-8-29)42(48)45-25-26-52(49,50)51)41-46-39-24-19-35(28-40(39)47-41)32-17-22-37(23-18-32)44(4,5)6/h7-16,19-21,24,28,32,37-38H,17-18,22-23,25-27H2,1-6H3,(H,45,48)(H,46,47)(H,49,50,51)/t32-,37+,38?. The van der Waals surface area contributed by atoms with Gasteiger partial charge in [-0.1, -0.05) is 108 Å². The summed E-state index contributed by atoms with van der Waals surface area (Å²) >= 11 is 0. The number of hydrogen-bond acceptors (Lipinski definition) is 4. The number of imidazole rings is 1. The van der Waals surface area contributed by atoms with Crippen molar-refractivity contribution in [2.45, 2.75) is 90.9 Å². The highest BCUT2D eigenvalue weighted by molar-refractivity contribution is 7.85. The van der Waals surface area contributed by atoms with Gasteiger partial charge in [0.25, 0.3) is 16.0 Å².